The number of nitrogens with zero attached hydrogens (tertiary/aromatic N) is 1. The van der Waals surface area contributed by atoms with E-state index >= 15 is 0 Å². The van der Waals surface area contributed by atoms with Gasteiger partial charge in [-0.1, -0.05) is 5.57 Å². The lowest BCUT2D eigenvalue weighted by Crippen LogP contribution is -2.47. The van der Waals surface area contributed by atoms with Crippen LogP contribution in [0.15, 0.2) is 11.6 Å². The summed E-state index contributed by atoms with van der Waals surface area (Å²) >= 11 is 0. The van der Waals surface area contributed by atoms with Crippen molar-refractivity contribution < 1.29 is 14.6 Å². The van der Waals surface area contributed by atoms with Crippen molar-refractivity contribution in [2.24, 2.45) is 0 Å². The molecule has 1 N–H and O–H groups in total. The molecule has 1 aliphatic heterocycles. The van der Waals surface area contributed by atoms with E-state index < -0.39 is 5.60 Å². The summed E-state index contributed by atoms with van der Waals surface area (Å²) in [6.45, 7) is 5.28. The maximum absolute atomic E-state index is 11.7. The van der Waals surface area contributed by atoms with E-state index in [-0.39, 0.29) is 5.91 Å². The highest BCUT2D eigenvalue weighted by atomic mass is 16.5. The van der Waals surface area contributed by atoms with Crippen molar-refractivity contribution in [3.63, 3.8) is 0 Å². The fraction of sp³-hybridized carbons (Fsp3) is 0.750. The molecule has 0 spiro atoms. The van der Waals surface area contributed by atoms with Crippen LogP contribution < -0.4 is 0 Å². The number of rotatable bonds is 3. The molecule has 0 bridgehead atoms. The Hall–Kier alpha value is -0.870. The van der Waals surface area contributed by atoms with Gasteiger partial charge in [0.2, 0.25) is 5.91 Å². The van der Waals surface area contributed by atoms with Crippen molar-refractivity contribution >= 4 is 5.91 Å². The number of ether oxygens (including phenoxy) is 1. The van der Waals surface area contributed by atoms with Crippen LogP contribution >= 0.6 is 0 Å². The summed E-state index contributed by atoms with van der Waals surface area (Å²) in [6.07, 6.45) is 2.78. The SMILES string of the molecule is CC(C)=CC(=O)N(C)CC1(O)CCOCC1. The lowest BCUT2D eigenvalue weighted by Gasteiger charge is -2.35. The molecule has 1 amide bonds. The lowest BCUT2D eigenvalue weighted by atomic mass is 9.94. The number of carbonyl (C=O) groups is 1. The topological polar surface area (TPSA) is 49.8 Å². The molecule has 1 heterocycles. The van der Waals surface area contributed by atoms with E-state index in [1.165, 1.54) is 0 Å². The number of aliphatic hydroxyl groups is 1. The van der Waals surface area contributed by atoms with Crippen molar-refractivity contribution in [2.75, 3.05) is 26.8 Å². The number of amides is 1. The maximum Gasteiger partial charge on any atom is 0.246 e. The summed E-state index contributed by atoms with van der Waals surface area (Å²) < 4.78 is 5.20. The van der Waals surface area contributed by atoms with Gasteiger partial charge in [-0.15, -0.1) is 0 Å². The third kappa shape index (κ3) is 3.94. The van der Waals surface area contributed by atoms with Crippen LogP contribution in [0.2, 0.25) is 0 Å². The Morgan fingerprint density at radius 1 is 1.44 bits per heavy atom. The van der Waals surface area contributed by atoms with Gasteiger partial charge in [0, 0.05) is 45.7 Å². The molecule has 1 rings (SSSR count). The lowest BCUT2D eigenvalue weighted by molar-refractivity contribution is -0.131. The first-order valence-corrected chi connectivity index (χ1v) is 5.63. The minimum atomic E-state index is -0.780. The van der Waals surface area contributed by atoms with Crippen LogP contribution in [0.3, 0.4) is 0 Å². The molecule has 1 saturated heterocycles. The van der Waals surface area contributed by atoms with Crippen LogP contribution in [-0.4, -0.2) is 48.3 Å². The highest BCUT2D eigenvalue weighted by Gasteiger charge is 2.31. The van der Waals surface area contributed by atoms with Gasteiger partial charge in [0.05, 0.1) is 5.60 Å². The smallest absolute Gasteiger partial charge is 0.246 e. The van der Waals surface area contributed by atoms with Crippen molar-refractivity contribution in [1.82, 2.24) is 4.90 Å². The summed E-state index contributed by atoms with van der Waals surface area (Å²) in [5.74, 6) is -0.0556. The number of carbonyl (C=O) groups excluding carboxylic acids is 1. The first-order chi connectivity index (χ1) is 7.43. The normalized spacial score (nSPS) is 19.0. The van der Waals surface area contributed by atoms with Crippen molar-refractivity contribution in [3.05, 3.63) is 11.6 Å². The minimum absolute atomic E-state index is 0.0556. The van der Waals surface area contributed by atoms with Crippen LogP contribution in [-0.2, 0) is 9.53 Å². The molecule has 0 radical (unpaired) electrons. The Bertz CT molecular complexity index is 276. The molecule has 0 unspecified atom stereocenters. The first-order valence-electron chi connectivity index (χ1n) is 5.63. The molecular weight excluding hydrogens is 206 g/mol. The van der Waals surface area contributed by atoms with Crippen LogP contribution in [0.5, 0.6) is 0 Å². The third-order valence-corrected chi connectivity index (χ3v) is 2.74. The van der Waals surface area contributed by atoms with E-state index in [4.69, 9.17) is 4.74 Å². The predicted octanol–water partition coefficient (Wildman–Crippen LogP) is 0.953. The van der Waals surface area contributed by atoms with E-state index in [0.29, 0.717) is 32.6 Å². The van der Waals surface area contributed by atoms with E-state index in [1.54, 1.807) is 18.0 Å². The summed E-state index contributed by atoms with van der Waals surface area (Å²) in [7, 11) is 1.72. The van der Waals surface area contributed by atoms with Crippen molar-refractivity contribution in [2.45, 2.75) is 32.3 Å². The largest absolute Gasteiger partial charge is 0.388 e. The highest BCUT2D eigenvalue weighted by Crippen LogP contribution is 2.21. The monoisotopic (exact) mass is 227 g/mol. The van der Waals surface area contributed by atoms with E-state index in [0.717, 1.165) is 5.57 Å². The second kappa shape index (κ2) is 5.46. The molecule has 92 valence electrons. The highest BCUT2D eigenvalue weighted by molar-refractivity contribution is 5.87. The molecule has 0 aromatic heterocycles. The molecule has 1 aliphatic rings. The molecule has 4 nitrogen and oxygen atoms in total. The summed E-state index contributed by atoms with van der Waals surface area (Å²) in [5, 5.41) is 10.2. The average molecular weight is 227 g/mol. The molecule has 16 heavy (non-hydrogen) atoms. The van der Waals surface area contributed by atoms with Crippen LogP contribution in [0.1, 0.15) is 26.7 Å². The Balaban J connectivity index is 2.52. The molecule has 0 aromatic rings. The van der Waals surface area contributed by atoms with Crippen LogP contribution in [0, 0.1) is 0 Å². The molecular formula is C12H21NO3. The Morgan fingerprint density at radius 3 is 2.50 bits per heavy atom. The first kappa shape index (κ1) is 13.2. The standard InChI is InChI=1S/C12H21NO3/c1-10(2)8-11(14)13(3)9-12(15)4-6-16-7-5-12/h8,15H,4-7,9H2,1-3H3. The fourth-order valence-corrected chi connectivity index (χ4v) is 1.79. The third-order valence-electron chi connectivity index (χ3n) is 2.74. The number of hydrogen-bond donors (Lipinski definition) is 1. The van der Waals surface area contributed by atoms with Gasteiger partial charge >= 0.3 is 0 Å². The predicted molar refractivity (Wildman–Crippen MR) is 62.1 cm³/mol. The fourth-order valence-electron chi connectivity index (χ4n) is 1.79. The second-order valence-electron chi connectivity index (χ2n) is 4.75. The quantitative estimate of drug-likeness (QED) is 0.730. The van der Waals surface area contributed by atoms with Crippen molar-refractivity contribution in [1.29, 1.82) is 0 Å². The Morgan fingerprint density at radius 2 is 2.00 bits per heavy atom. The maximum atomic E-state index is 11.7. The number of allylic oxidation sites excluding steroid dienone is 1. The van der Waals surface area contributed by atoms with Gasteiger partial charge in [-0.2, -0.15) is 0 Å². The average Bonchev–Trinajstić information content (AvgIpc) is 2.16. The van der Waals surface area contributed by atoms with E-state index in [1.807, 2.05) is 13.8 Å². The van der Waals surface area contributed by atoms with Crippen molar-refractivity contribution in [3.8, 4) is 0 Å². The zero-order valence-corrected chi connectivity index (χ0v) is 10.3. The summed E-state index contributed by atoms with van der Waals surface area (Å²) in [6, 6.07) is 0. The summed E-state index contributed by atoms with van der Waals surface area (Å²) in [4.78, 5) is 13.2. The molecule has 0 aromatic carbocycles. The van der Waals surface area contributed by atoms with Gasteiger partial charge in [0.15, 0.2) is 0 Å². The Kier molecular flexibility index (Phi) is 4.50. The zero-order valence-electron chi connectivity index (χ0n) is 10.3. The Labute approximate surface area is 96.9 Å². The van der Waals surface area contributed by atoms with Gasteiger partial charge < -0.3 is 14.7 Å². The molecule has 4 heteroatoms. The number of likely N-dealkylation sites (N-methyl/N-ethyl adjacent to an activating group) is 1. The van der Waals surface area contributed by atoms with E-state index in [9.17, 15) is 9.90 Å². The summed E-state index contributed by atoms with van der Waals surface area (Å²) in [5.41, 5.74) is 0.189. The molecule has 0 atom stereocenters. The number of hydrogen-bond acceptors (Lipinski definition) is 3. The molecule has 0 aliphatic carbocycles. The van der Waals surface area contributed by atoms with Gasteiger partial charge in [0.1, 0.15) is 0 Å². The molecule has 1 fully saturated rings. The van der Waals surface area contributed by atoms with E-state index in [2.05, 4.69) is 0 Å². The van der Waals surface area contributed by atoms with Crippen LogP contribution in [0.4, 0.5) is 0 Å². The van der Waals surface area contributed by atoms with Gasteiger partial charge in [-0.3, -0.25) is 4.79 Å². The minimum Gasteiger partial charge on any atom is -0.388 e. The van der Waals surface area contributed by atoms with Gasteiger partial charge in [-0.05, 0) is 13.8 Å². The zero-order chi connectivity index (χ0) is 12.2. The second-order valence-corrected chi connectivity index (χ2v) is 4.75. The van der Waals surface area contributed by atoms with Crippen LogP contribution in [0.25, 0.3) is 0 Å². The van der Waals surface area contributed by atoms with Gasteiger partial charge in [0.25, 0.3) is 0 Å². The van der Waals surface area contributed by atoms with Gasteiger partial charge in [-0.25, -0.2) is 0 Å². The molecule has 0 saturated carbocycles.